The van der Waals surface area contributed by atoms with Crippen LogP contribution in [0.5, 0.6) is 0 Å². The third-order valence-corrected chi connectivity index (χ3v) is 11.7. The number of nitrogens with one attached hydrogen (secondary N) is 5. The quantitative estimate of drug-likeness (QED) is 0.0781. The van der Waals surface area contributed by atoms with Crippen molar-refractivity contribution in [1.29, 1.82) is 0 Å². The van der Waals surface area contributed by atoms with E-state index in [0.29, 0.717) is 30.0 Å². The average molecular weight is 890 g/mol. The number of halogens is 4. The highest BCUT2D eigenvalue weighted by Crippen LogP contribution is 2.29. The van der Waals surface area contributed by atoms with Gasteiger partial charge in [-0.1, -0.05) is 54.9 Å². The van der Waals surface area contributed by atoms with Gasteiger partial charge in [0.2, 0.25) is 20.0 Å². The Morgan fingerprint density at radius 3 is 1.95 bits per heavy atom. The molecule has 1 aliphatic rings. The van der Waals surface area contributed by atoms with Crippen LogP contribution in [0.2, 0.25) is 10.0 Å². The number of fused-ring (bicyclic) bond motifs is 1. The number of esters is 1. The maximum atomic E-state index is 14.8. The van der Waals surface area contributed by atoms with Crippen molar-refractivity contribution in [3.63, 3.8) is 0 Å². The molecule has 0 radical (unpaired) electrons. The smallest absolute Gasteiger partial charge is 0.332 e. The number of amides is 2. The minimum atomic E-state index is -3.76. The van der Waals surface area contributed by atoms with Crippen molar-refractivity contribution < 1.29 is 44.7 Å². The summed E-state index contributed by atoms with van der Waals surface area (Å²) in [6, 6.07) is 10.1. The summed E-state index contributed by atoms with van der Waals surface area (Å²) in [7, 11) is -7.48. The Labute approximate surface area is 340 Å². The summed E-state index contributed by atoms with van der Waals surface area (Å²) in [4.78, 5) is 40.7. The van der Waals surface area contributed by atoms with Crippen LogP contribution in [-0.2, 0) is 29.6 Å². The number of benzene rings is 2. The molecule has 0 spiro atoms. The number of pyridine rings is 1. The van der Waals surface area contributed by atoms with Gasteiger partial charge >= 0.3 is 5.97 Å². The molecule has 0 saturated carbocycles. The van der Waals surface area contributed by atoms with E-state index in [2.05, 4.69) is 35.6 Å². The number of thioether (sulfide) groups is 1. The molecule has 2 aromatic carbocycles. The zero-order chi connectivity index (χ0) is 41.9. The van der Waals surface area contributed by atoms with E-state index in [4.69, 9.17) is 27.9 Å². The van der Waals surface area contributed by atoms with Crippen LogP contribution in [0, 0.1) is 11.6 Å². The number of amidine groups is 1. The van der Waals surface area contributed by atoms with Gasteiger partial charge < -0.3 is 10.1 Å². The van der Waals surface area contributed by atoms with E-state index >= 15 is 0 Å². The zero-order valence-electron chi connectivity index (χ0n) is 30.4. The van der Waals surface area contributed by atoms with Crippen molar-refractivity contribution in [2.75, 3.05) is 38.6 Å². The Bertz CT molecular complexity index is 2450. The van der Waals surface area contributed by atoms with E-state index < -0.39 is 60.6 Å². The predicted octanol–water partition coefficient (Wildman–Crippen LogP) is 5.95. The number of carbonyl (C=O) groups is 3. The molecule has 0 saturated heterocycles. The number of carbonyl (C=O) groups excluding carboxylic acids is 3. The summed E-state index contributed by atoms with van der Waals surface area (Å²) in [5.41, 5.74) is 1.96. The first-order valence-electron chi connectivity index (χ1n) is 16.8. The standard InChI is InChI=1S/C17H20ClFN4O5S2.C17H16ClFN4O3S/c1-3-7-30(26,27)23-12-6-5-11(18)14(15(12)19)16(25)20-17-22-21-10(9-29-17)8-13(24)28-4-2;1-2-9-27(25,26)22-12-7-6-11(18)15(16(12)19)17(24)21-14-10-20-13-5-3-4-8-23(13)14/h5-6,8,21,23H,3-4,7,9H2,1-2H3,(H,20,22,25);3-8,10,22H,2,9H2,1H3,(H,21,24)/b10-8+;. The van der Waals surface area contributed by atoms with Crippen LogP contribution in [-0.4, -0.2) is 73.0 Å². The molecular weight excluding hydrogens is 854 g/mol. The lowest BCUT2D eigenvalue weighted by Gasteiger charge is -2.17. The van der Waals surface area contributed by atoms with Crippen molar-refractivity contribution >= 4 is 101 Å². The van der Waals surface area contributed by atoms with Gasteiger partial charge in [-0.2, -0.15) is 5.10 Å². The van der Waals surface area contributed by atoms with Crippen molar-refractivity contribution in [3.05, 3.63) is 99.4 Å². The van der Waals surface area contributed by atoms with E-state index in [9.17, 15) is 40.0 Å². The van der Waals surface area contributed by atoms with E-state index in [1.807, 2.05) is 0 Å². The van der Waals surface area contributed by atoms with E-state index in [-0.39, 0.29) is 50.5 Å². The van der Waals surface area contributed by atoms with Gasteiger partial charge in [-0.25, -0.2) is 35.4 Å². The zero-order valence-corrected chi connectivity index (χ0v) is 34.3. The van der Waals surface area contributed by atoms with Crippen LogP contribution < -0.4 is 25.5 Å². The maximum absolute atomic E-state index is 14.8. The number of ether oxygens (including phenoxy) is 1. The third kappa shape index (κ3) is 12.3. The fourth-order valence-corrected chi connectivity index (χ4v) is 8.26. The fraction of sp³-hybridized carbons (Fsp3) is 0.265. The van der Waals surface area contributed by atoms with Gasteiger partial charge in [-0.05, 0) is 56.2 Å². The lowest BCUT2D eigenvalue weighted by molar-refractivity contribution is -0.137. The Kier molecular flexibility index (Phi) is 15.7. The molecule has 2 aromatic heterocycles. The molecule has 0 unspecified atom stereocenters. The summed E-state index contributed by atoms with van der Waals surface area (Å²) >= 11 is 13.0. The van der Waals surface area contributed by atoms with Gasteiger partial charge in [0.15, 0.2) is 16.8 Å². The van der Waals surface area contributed by atoms with Gasteiger partial charge in [0.05, 0.1) is 62.6 Å². The van der Waals surface area contributed by atoms with Gasteiger partial charge in [0.25, 0.3) is 11.8 Å². The number of anilines is 3. The maximum Gasteiger partial charge on any atom is 0.332 e. The summed E-state index contributed by atoms with van der Waals surface area (Å²) in [6.45, 7) is 5.27. The fourth-order valence-electron chi connectivity index (χ4n) is 4.81. The molecule has 0 fully saturated rings. The number of nitrogens with zero attached hydrogens (tertiary/aromatic N) is 3. The van der Waals surface area contributed by atoms with Crippen molar-refractivity contribution in [2.24, 2.45) is 5.10 Å². The van der Waals surface area contributed by atoms with Crippen molar-refractivity contribution in [2.45, 2.75) is 33.6 Å². The Balaban J connectivity index is 0.000000254. The first-order valence-corrected chi connectivity index (χ1v) is 21.9. The second-order valence-corrected chi connectivity index (χ2v) is 17.1. The molecule has 1 aliphatic heterocycles. The molecule has 4 aromatic rings. The largest absolute Gasteiger partial charge is 0.463 e. The second-order valence-electron chi connectivity index (χ2n) is 11.6. The minimum Gasteiger partial charge on any atom is -0.463 e. The summed E-state index contributed by atoms with van der Waals surface area (Å²) in [6.07, 6.45) is 5.06. The third-order valence-electron chi connectivity index (χ3n) is 7.24. The molecule has 5 N–H and O–H groups in total. The first-order chi connectivity index (χ1) is 27.0. The highest BCUT2D eigenvalue weighted by atomic mass is 35.5. The van der Waals surface area contributed by atoms with Crippen LogP contribution in [0.15, 0.2) is 71.7 Å². The average Bonchev–Trinajstić information content (AvgIpc) is 3.54. The Morgan fingerprint density at radius 2 is 1.44 bits per heavy atom. The Morgan fingerprint density at radius 1 is 0.877 bits per heavy atom. The molecule has 0 aliphatic carbocycles. The van der Waals surface area contributed by atoms with E-state index in [1.54, 1.807) is 49.6 Å². The highest BCUT2D eigenvalue weighted by Gasteiger charge is 2.25. The number of sulfonamides is 2. The molecule has 306 valence electrons. The molecule has 0 atom stereocenters. The van der Waals surface area contributed by atoms with Crippen LogP contribution >= 0.6 is 35.0 Å². The van der Waals surface area contributed by atoms with Gasteiger partial charge in [0.1, 0.15) is 11.5 Å². The summed E-state index contributed by atoms with van der Waals surface area (Å²) in [5, 5.41) is 8.62. The molecule has 23 heteroatoms. The molecular formula is C34H36Cl2F2N8O8S3. The van der Waals surface area contributed by atoms with Crippen molar-refractivity contribution in [1.82, 2.24) is 20.1 Å². The van der Waals surface area contributed by atoms with E-state index in [1.165, 1.54) is 30.5 Å². The number of rotatable bonds is 13. The van der Waals surface area contributed by atoms with E-state index in [0.717, 1.165) is 17.8 Å². The SMILES string of the molecule is CCCS(=O)(=O)Nc1ccc(Cl)c(C(=O)NC2=NN/C(=C/C(=O)OCC)CS2)c1F.CCCS(=O)(=O)Nc1ccc(Cl)c(C(=O)Nc2cnc3ccccn23)c1F. The normalized spacial score (nSPS) is 13.5. The number of hydrogen-bond acceptors (Lipinski definition) is 12. The van der Waals surface area contributed by atoms with Crippen LogP contribution in [0.3, 0.4) is 0 Å². The van der Waals surface area contributed by atoms with Crippen LogP contribution in [0.4, 0.5) is 26.0 Å². The topological polar surface area (TPSA) is 219 Å². The summed E-state index contributed by atoms with van der Waals surface area (Å²) in [5.74, 6) is -4.16. The van der Waals surface area contributed by atoms with Gasteiger partial charge in [-0.3, -0.25) is 34.2 Å². The number of hydrazone groups is 1. The molecule has 5 rings (SSSR count). The second kappa shape index (κ2) is 19.9. The number of imidazole rings is 1. The number of hydrogen-bond donors (Lipinski definition) is 5. The lowest BCUT2D eigenvalue weighted by atomic mass is 10.1. The summed E-state index contributed by atoms with van der Waals surface area (Å²) < 4.78 is 87.8. The molecule has 3 heterocycles. The molecule has 2 amide bonds. The number of aromatic nitrogens is 2. The lowest BCUT2D eigenvalue weighted by Crippen LogP contribution is -2.34. The van der Waals surface area contributed by atoms with Gasteiger partial charge in [-0.15, -0.1) is 0 Å². The minimum absolute atomic E-state index is 0.119. The van der Waals surface area contributed by atoms with Crippen molar-refractivity contribution in [3.8, 4) is 0 Å². The highest BCUT2D eigenvalue weighted by molar-refractivity contribution is 8.14. The van der Waals surface area contributed by atoms with Crippen LogP contribution in [0.1, 0.15) is 54.3 Å². The Hall–Kier alpha value is -4.96. The first kappa shape index (κ1) is 44.8. The predicted molar refractivity (Wildman–Crippen MR) is 217 cm³/mol. The molecule has 0 bridgehead atoms. The molecule has 57 heavy (non-hydrogen) atoms. The molecule has 16 nitrogen and oxygen atoms in total. The monoisotopic (exact) mass is 888 g/mol. The van der Waals surface area contributed by atoms with Gasteiger partial charge in [0, 0.05) is 18.0 Å². The van der Waals surface area contributed by atoms with Crippen LogP contribution in [0.25, 0.3) is 5.65 Å².